The highest BCUT2D eigenvalue weighted by Gasteiger charge is 2.28. The van der Waals surface area contributed by atoms with Crippen molar-refractivity contribution in [2.75, 3.05) is 32.1 Å². The van der Waals surface area contributed by atoms with Crippen LogP contribution in [-0.2, 0) is 56.2 Å². The van der Waals surface area contributed by atoms with Crippen molar-refractivity contribution in [3.8, 4) is 0 Å². The Balaban J connectivity index is 1.47. The van der Waals surface area contributed by atoms with Crippen LogP contribution in [0, 0.1) is 6.92 Å². The standard InChI is InChI=1S/C49H59N7O6S3/c1-40-29-31-46(32-30-40)65(61,62)51-47(50-45-27-17-8-18-28-45)37-55(35-43-23-13-6-14-24-43)49(53-64(3,59)60)39-56(36-44-25-15-7-16-26-44)48(52-63(2,57)58)38-54(33-41-19-9-4-10-20-41)34-42-21-11-5-12-22-42/h4-7,9-16,19-26,29-32,45H,8,17-18,27-28,33-39H2,1-3H3,(H,50,51)/b52-48+,53-49+. The smallest absolute Gasteiger partial charge is 0.262 e. The zero-order chi connectivity index (χ0) is 46.3. The summed E-state index contributed by atoms with van der Waals surface area (Å²) in [6, 6.07) is 44.9. The fraction of sp³-hybridized carbons (Fsp3) is 0.327. The minimum Gasteiger partial charge on any atom is -0.346 e. The fourth-order valence-electron chi connectivity index (χ4n) is 7.70. The number of aryl methyl sites for hydroxylation is 1. The quantitative estimate of drug-likeness (QED) is 0.0656. The number of amidine groups is 3. The number of hydrogen-bond acceptors (Lipinski definition) is 8. The lowest BCUT2D eigenvalue weighted by Gasteiger charge is -2.34. The molecule has 1 fully saturated rings. The van der Waals surface area contributed by atoms with E-state index in [1.165, 1.54) is 12.1 Å². The van der Waals surface area contributed by atoms with E-state index in [0.717, 1.165) is 72.4 Å². The zero-order valence-electron chi connectivity index (χ0n) is 37.3. The van der Waals surface area contributed by atoms with Crippen LogP contribution in [0.4, 0.5) is 0 Å². The maximum Gasteiger partial charge on any atom is 0.262 e. The van der Waals surface area contributed by atoms with Gasteiger partial charge in [0.05, 0.1) is 43.1 Å². The Hall–Kier alpha value is -5.68. The summed E-state index contributed by atoms with van der Waals surface area (Å²) in [6.45, 7) is 2.67. The topological polar surface area (TPSA) is 161 Å². The number of hydrogen-bond donors (Lipinski definition) is 1. The van der Waals surface area contributed by atoms with Crippen molar-refractivity contribution in [3.05, 3.63) is 173 Å². The summed E-state index contributed by atoms with van der Waals surface area (Å²) >= 11 is 0. The molecule has 0 heterocycles. The van der Waals surface area contributed by atoms with E-state index in [1.807, 2.05) is 128 Å². The second kappa shape index (κ2) is 23.0. The molecule has 5 aromatic carbocycles. The molecule has 0 saturated heterocycles. The molecule has 0 aromatic heterocycles. The van der Waals surface area contributed by atoms with Crippen LogP contribution in [0.1, 0.15) is 59.9 Å². The monoisotopic (exact) mass is 937 g/mol. The van der Waals surface area contributed by atoms with E-state index in [0.29, 0.717) is 13.1 Å². The minimum absolute atomic E-state index is 0.0389. The number of aliphatic imine (C=N–C) groups is 1. The molecule has 1 aliphatic carbocycles. The molecular weight excluding hydrogens is 879 g/mol. The summed E-state index contributed by atoms with van der Waals surface area (Å²) in [7, 11) is -12.3. The summed E-state index contributed by atoms with van der Waals surface area (Å²) in [5.74, 6) is 0.336. The van der Waals surface area contributed by atoms with Crippen LogP contribution in [0.15, 0.2) is 164 Å². The number of nitrogens with one attached hydrogen (secondary N) is 1. The molecule has 13 nitrogen and oxygen atoms in total. The lowest BCUT2D eigenvalue weighted by molar-refractivity contribution is 0.280. The van der Waals surface area contributed by atoms with E-state index in [2.05, 4.69) is 18.4 Å². The van der Waals surface area contributed by atoms with Gasteiger partial charge in [-0.15, -0.1) is 8.80 Å². The maximum atomic E-state index is 14.1. The Kier molecular flexibility index (Phi) is 17.2. The predicted octanol–water partition coefficient (Wildman–Crippen LogP) is 7.43. The van der Waals surface area contributed by atoms with E-state index in [-0.39, 0.29) is 61.2 Å². The third kappa shape index (κ3) is 16.7. The first-order valence-electron chi connectivity index (χ1n) is 21.7. The van der Waals surface area contributed by atoms with Crippen molar-refractivity contribution in [1.82, 2.24) is 19.4 Å². The van der Waals surface area contributed by atoms with Crippen LogP contribution in [0.5, 0.6) is 0 Å². The molecular formula is C49H59N7O6S3. The highest BCUT2D eigenvalue weighted by atomic mass is 32.2. The summed E-state index contributed by atoms with van der Waals surface area (Å²) in [5.41, 5.74) is 4.51. The highest BCUT2D eigenvalue weighted by Crippen LogP contribution is 2.22. The van der Waals surface area contributed by atoms with Crippen LogP contribution in [0.25, 0.3) is 0 Å². The van der Waals surface area contributed by atoms with Crippen molar-refractivity contribution in [2.24, 2.45) is 13.8 Å². The maximum absolute atomic E-state index is 14.1. The molecule has 0 amide bonds. The molecule has 1 aliphatic rings. The van der Waals surface area contributed by atoms with E-state index in [9.17, 15) is 25.3 Å². The number of benzene rings is 5. The average molecular weight is 938 g/mol. The summed E-state index contributed by atoms with van der Waals surface area (Å²) in [6.07, 6.45) is 6.54. The molecule has 0 radical (unpaired) electrons. The van der Waals surface area contributed by atoms with Gasteiger partial charge in [-0.3, -0.25) is 14.6 Å². The predicted molar refractivity (Wildman–Crippen MR) is 261 cm³/mol. The molecule has 1 saturated carbocycles. The summed E-state index contributed by atoms with van der Waals surface area (Å²) in [5, 5.41) is 0. The Morgan fingerprint density at radius 3 is 1.35 bits per heavy atom. The molecule has 1 N–H and O–H groups in total. The van der Waals surface area contributed by atoms with Crippen LogP contribution in [0.2, 0.25) is 0 Å². The first kappa shape index (κ1) is 48.8. The van der Waals surface area contributed by atoms with Crippen molar-refractivity contribution in [2.45, 2.75) is 76.1 Å². The van der Waals surface area contributed by atoms with Crippen molar-refractivity contribution in [1.29, 1.82) is 0 Å². The molecule has 5 aromatic rings. The van der Waals surface area contributed by atoms with Gasteiger partial charge in [-0.2, -0.15) is 0 Å². The second-order valence-corrected chi connectivity index (χ2v) is 21.5. The second-order valence-electron chi connectivity index (χ2n) is 16.6. The largest absolute Gasteiger partial charge is 0.346 e. The van der Waals surface area contributed by atoms with Gasteiger partial charge in [0.2, 0.25) is 0 Å². The zero-order valence-corrected chi connectivity index (χ0v) is 39.7. The molecule has 65 heavy (non-hydrogen) atoms. The van der Waals surface area contributed by atoms with E-state index < -0.39 is 30.1 Å². The van der Waals surface area contributed by atoms with Crippen LogP contribution < -0.4 is 4.72 Å². The van der Waals surface area contributed by atoms with E-state index >= 15 is 0 Å². The van der Waals surface area contributed by atoms with Crippen LogP contribution in [0.3, 0.4) is 0 Å². The normalized spacial score (nSPS) is 14.6. The van der Waals surface area contributed by atoms with E-state index in [1.54, 1.807) is 21.9 Å². The van der Waals surface area contributed by atoms with Gasteiger partial charge in [0.1, 0.15) is 17.5 Å². The molecule has 0 atom stereocenters. The minimum atomic E-state index is -4.14. The Morgan fingerprint density at radius 1 is 0.523 bits per heavy atom. The van der Waals surface area contributed by atoms with Crippen LogP contribution >= 0.6 is 0 Å². The van der Waals surface area contributed by atoms with Crippen molar-refractivity contribution in [3.63, 3.8) is 0 Å². The van der Waals surface area contributed by atoms with Gasteiger partial charge in [-0.1, -0.05) is 158 Å². The third-order valence-electron chi connectivity index (χ3n) is 10.7. The van der Waals surface area contributed by atoms with Crippen LogP contribution in [-0.4, -0.2) is 95.6 Å². The third-order valence-corrected chi connectivity index (χ3v) is 13.2. The molecule has 0 aliphatic heterocycles. The summed E-state index contributed by atoms with van der Waals surface area (Å²) in [4.78, 5) is 10.6. The molecule has 0 spiro atoms. The average Bonchev–Trinajstić information content (AvgIpc) is 3.26. The SMILES string of the molecule is Cc1ccc(S(=O)(=O)NC(CN(Cc2ccccc2)/C(CN(Cc2ccccc2)/C(CN(Cc2ccccc2)Cc2ccccc2)=N/S(C)(=O)=O)=N/S(C)(=O)=O)=NC2CCCCC2)cc1. The Morgan fingerprint density at radius 2 is 0.923 bits per heavy atom. The lowest BCUT2D eigenvalue weighted by atomic mass is 9.96. The molecule has 0 bridgehead atoms. The van der Waals surface area contributed by atoms with Crippen molar-refractivity contribution >= 4 is 47.6 Å². The first-order valence-corrected chi connectivity index (χ1v) is 26.9. The van der Waals surface area contributed by atoms with Gasteiger partial charge >= 0.3 is 0 Å². The highest BCUT2D eigenvalue weighted by molar-refractivity contribution is 7.90. The fourth-order valence-corrected chi connectivity index (χ4v) is 9.86. The van der Waals surface area contributed by atoms with E-state index in [4.69, 9.17) is 4.99 Å². The molecule has 6 rings (SSSR count). The van der Waals surface area contributed by atoms with Crippen molar-refractivity contribution < 1.29 is 25.3 Å². The Labute approximate surface area is 385 Å². The molecule has 0 unspecified atom stereocenters. The molecule has 344 valence electrons. The number of rotatable bonds is 19. The Bertz CT molecular complexity index is 2680. The summed E-state index contributed by atoms with van der Waals surface area (Å²) < 4.78 is 93.3. The molecule has 16 heteroatoms. The lowest BCUT2D eigenvalue weighted by Crippen LogP contribution is -2.49. The van der Waals surface area contributed by atoms with Gasteiger partial charge in [0.25, 0.3) is 30.1 Å². The first-order chi connectivity index (χ1) is 31.1. The van der Waals surface area contributed by atoms with Gasteiger partial charge in [0, 0.05) is 26.2 Å². The van der Waals surface area contributed by atoms with Gasteiger partial charge in [-0.25, -0.2) is 25.3 Å². The number of nitrogens with zero attached hydrogens (tertiary/aromatic N) is 6. The van der Waals surface area contributed by atoms with Gasteiger partial charge in [0.15, 0.2) is 0 Å². The van der Waals surface area contributed by atoms with Gasteiger partial charge < -0.3 is 9.80 Å². The number of sulfonamides is 3. The van der Waals surface area contributed by atoms with Gasteiger partial charge in [-0.05, 0) is 54.2 Å².